The lowest BCUT2D eigenvalue weighted by molar-refractivity contribution is 0.244. The van der Waals surface area contributed by atoms with Crippen LogP contribution in [0.15, 0.2) is 30.3 Å². The minimum absolute atomic E-state index is 0.239. The molecule has 2 atom stereocenters. The van der Waals surface area contributed by atoms with Gasteiger partial charge in [-0.05, 0) is 17.0 Å². The Kier molecular flexibility index (Phi) is 2.19. The molecule has 1 aromatic carbocycles. The number of fused-ring (bicyclic) bond motifs is 1. The molecule has 0 fully saturated rings. The summed E-state index contributed by atoms with van der Waals surface area (Å²) in [6, 6.07) is 8.28. The summed E-state index contributed by atoms with van der Waals surface area (Å²) in [6.07, 6.45) is 4.31. The molecule has 0 aromatic heterocycles. The van der Waals surface area contributed by atoms with E-state index in [1.54, 1.807) is 0 Å². The van der Waals surface area contributed by atoms with Crippen molar-refractivity contribution in [2.24, 2.45) is 5.92 Å². The summed E-state index contributed by atoms with van der Waals surface area (Å²) in [7, 11) is 0. The van der Waals surface area contributed by atoms with E-state index in [9.17, 15) is 5.11 Å². The van der Waals surface area contributed by atoms with E-state index in [1.807, 2.05) is 12.1 Å². The number of hydrogen-bond donors (Lipinski definition) is 1. The zero-order valence-corrected chi connectivity index (χ0v) is 7.77. The predicted octanol–water partition coefficient (Wildman–Crippen LogP) is 2.43. The standard InChI is InChI=1S/C12H14O/c1-9-6-7-10-4-2-3-5-11(10)12(9)8-13/h2-7,9,12-13H,8H2,1H3/t9-,12-/m1/s1. The largest absolute Gasteiger partial charge is 0.396 e. The van der Waals surface area contributed by atoms with Crippen LogP contribution in [0.5, 0.6) is 0 Å². The van der Waals surface area contributed by atoms with Gasteiger partial charge in [-0.2, -0.15) is 0 Å². The lowest BCUT2D eigenvalue weighted by Crippen LogP contribution is -2.16. The molecule has 1 nitrogen and oxygen atoms in total. The van der Waals surface area contributed by atoms with Gasteiger partial charge < -0.3 is 5.11 Å². The summed E-state index contributed by atoms with van der Waals surface area (Å²) in [5.41, 5.74) is 2.53. The summed E-state index contributed by atoms with van der Waals surface area (Å²) in [6.45, 7) is 2.38. The first-order valence-corrected chi connectivity index (χ1v) is 4.71. The van der Waals surface area contributed by atoms with E-state index < -0.39 is 0 Å². The first-order valence-electron chi connectivity index (χ1n) is 4.71. The van der Waals surface area contributed by atoms with Crippen molar-refractivity contribution in [3.8, 4) is 0 Å². The lowest BCUT2D eigenvalue weighted by atomic mass is 9.81. The molecule has 0 spiro atoms. The molecule has 1 heteroatoms. The highest BCUT2D eigenvalue weighted by Crippen LogP contribution is 2.32. The van der Waals surface area contributed by atoms with Crippen LogP contribution in [0.3, 0.4) is 0 Å². The summed E-state index contributed by atoms with van der Waals surface area (Å²) in [4.78, 5) is 0. The van der Waals surface area contributed by atoms with Crippen molar-refractivity contribution < 1.29 is 5.11 Å². The normalized spacial score (nSPS) is 25.7. The molecule has 1 N–H and O–H groups in total. The van der Waals surface area contributed by atoms with Gasteiger partial charge in [0.05, 0.1) is 6.61 Å². The van der Waals surface area contributed by atoms with Crippen molar-refractivity contribution in [2.75, 3.05) is 6.61 Å². The molecular formula is C12H14O. The van der Waals surface area contributed by atoms with Gasteiger partial charge in [0.25, 0.3) is 0 Å². The third kappa shape index (κ3) is 1.40. The van der Waals surface area contributed by atoms with Crippen molar-refractivity contribution in [3.05, 3.63) is 41.5 Å². The Morgan fingerprint density at radius 3 is 2.85 bits per heavy atom. The van der Waals surface area contributed by atoms with Crippen LogP contribution in [-0.4, -0.2) is 11.7 Å². The molecule has 1 aliphatic carbocycles. The van der Waals surface area contributed by atoms with Crippen molar-refractivity contribution in [3.63, 3.8) is 0 Å². The van der Waals surface area contributed by atoms with Crippen molar-refractivity contribution in [1.29, 1.82) is 0 Å². The maximum Gasteiger partial charge on any atom is 0.0505 e. The average molecular weight is 174 g/mol. The van der Waals surface area contributed by atoms with Crippen LogP contribution in [0.4, 0.5) is 0 Å². The fourth-order valence-electron chi connectivity index (χ4n) is 1.94. The van der Waals surface area contributed by atoms with Gasteiger partial charge in [0.2, 0.25) is 0 Å². The first-order chi connectivity index (χ1) is 6.33. The monoisotopic (exact) mass is 174 g/mol. The second-order valence-electron chi connectivity index (χ2n) is 3.64. The topological polar surface area (TPSA) is 20.2 Å². The van der Waals surface area contributed by atoms with Gasteiger partial charge in [0.1, 0.15) is 0 Å². The minimum Gasteiger partial charge on any atom is -0.396 e. The van der Waals surface area contributed by atoms with Crippen LogP contribution in [0.25, 0.3) is 6.08 Å². The van der Waals surface area contributed by atoms with Gasteiger partial charge in [-0.3, -0.25) is 0 Å². The molecule has 1 aliphatic rings. The van der Waals surface area contributed by atoms with Crippen molar-refractivity contribution in [2.45, 2.75) is 12.8 Å². The average Bonchev–Trinajstić information content (AvgIpc) is 2.18. The number of allylic oxidation sites excluding steroid dienone is 1. The van der Waals surface area contributed by atoms with Crippen molar-refractivity contribution >= 4 is 6.08 Å². The molecule has 68 valence electrons. The second kappa shape index (κ2) is 3.35. The molecule has 13 heavy (non-hydrogen) atoms. The number of aliphatic hydroxyl groups excluding tert-OH is 1. The van der Waals surface area contributed by atoms with Crippen LogP contribution >= 0.6 is 0 Å². The summed E-state index contributed by atoms with van der Waals surface area (Å²) < 4.78 is 0. The molecule has 0 saturated heterocycles. The van der Waals surface area contributed by atoms with Crippen LogP contribution in [0.2, 0.25) is 0 Å². The fraction of sp³-hybridized carbons (Fsp3) is 0.333. The lowest BCUT2D eigenvalue weighted by Gasteiger charge is -2.25. The Balaban J connectivity index is 2.47. The van der Waals surface area contributed by atoms with Crippen LogP contribution < -0.4 is 0 Å². The zero-order valence-electron chi connectivity index (χ0n) is 7.77. The SMILES string of the molecule is C[C@@H]1C=Cc2ccccc2[C@@H]1CO. The summed E-state index contributed by atoms with van der Waals surface area (Å²) in [5.74, 6) is 0.723. The Bertz CT molecular complexity index is 328. The van der Waals surface area contributed by atoms with E-state index in [0.29, 0.717) is 5.92 Å². The maximum atomic E-state index is 9.27. The molecule has 0 saturated carbocycles. The zero-order chi connectivity index (χ0) is 9.26. The molecule has 0 unspecified atom stereocenters. The molecule has 0 amide bonds. The van der Waals surface area contributed by atoms with Gasteiger partial charge in [0.15, 0.2) is 0 Å². The minimum atomic E-state index is 0.239. The molecule has 0 aliphatic heterocycles. The number of rotatable bonds is 1. The number of aliphatic hydroxyl groups is 1. The fourth-order valence-corrected chi connectivity index (χ4v) is 1.94. The highest BCUT2D eigenvalue weighted by atomic mass is 16.3. The van der Waals surface area contributed by atoms with Gasteiger partial charge in [0, 0.05) is 5.92 Å². The Morgan fingerprint density at radius 1 is 1.31 bits per heavy atom. The summed E-state index contributed by atoms with van der Waals surface area (Å²) in [5, 5.41) is 9.27. The molecule has 0 bridgehead atoms. The van der Waals surface area contributed by atoms with Gasteiger partial charge in [-0.25, -0.2) is 0 Å². The highest BCUT2D eigenvalue weighted by molar-refractivity contribution is 5.58. The van der Waals surface area contributed by atoms with Crippen LogP contribution in [0, 0.1) is 5.92 Å². The quantitative estimate of drug-likeness (QED) is 0.693. The Labute approximate surface area is 78.7 Å². The van der Waals surface area contributed by atoms with Crippen molar-refractivity contribution in [1.82, 2.24) is 0 Å². The van der Waals surface area contributed by atoms with E-state index in [0.717, 1.165) is 0 Å². The molecular weight excluding hydrogens is 160 g/mol. The molecule has 1 aromatic rings. The highest BCUT2D eigenvalue weighted by Gasteiger charge is 2.21. The summed E-state index contributed by atoms with van der Waals surface area (Å²) >= 11 is 0. The molecule has 0 radical (unpaired) electrons. The molecule has 0 heterocycles. The third-order valence-corrected chi connectivity index (χ3v) is 2.81. The molecule has 2 rings (SSSR count). The van der Waals surface area contributed by atoms with E-state index in [-0.39, 0.29) is 12.5 Å². The maximum absolute atomic E-state index is 9.27. The van der Waals surface area contributed by atoms with E-state index >= 15 is 0 Å². The Hall–Kier alpha value is -1.08. The third-order valence-electron chi connectivity index (χ3n) is 2.81. The number of hydrogen-bond acceptors (Lipinski definition) is 1. The van der Waals surface area contributed by atoms with Gasteiger partial charge >= 0.3 is 0 Å². The first kappa shape index (κ1) is 8.52. The van der Waals surface area contributed by atoms with Crippen LogP contribution in [-0.2, 0) is 0 Å². The van der Waals surface area contributed by atoms with E-state index in [4.69, 9.17) is 0 Å². The van der Waals surface area contributed by atoms with E-state index in [2.05, 4.69) is 31.2 Å². The second-order valence-corrected chi connectivity index (χ2v) is 3.64. The van der Waals surface area contributed by atoms with Gasteiger partial charge in [-0.1, -0.05) is 43.3 Å². The number of benzene rings is 1. The predicted molar refractivity (Wildman–Crippen MR) is 54.5 cm³/mol. The Morgan fingerprint density at radius 2 is 2.08 bits per heavy atom. The van der Waals surface area contributed by atoms with Gasteiger partial charge in [-0.15, -0.1) is 0 Å². The van der Waals surface area contributed by atoms with Crippen LogP contribution in [0.1, 0.15) is 24.0 Å². The van der Waals surface area contributed by atoms with E-state index in [1.165, 1.54) is 11.1 Å². The smallest absolute Gasteiger partial charge is 0.0505 e.